The third-order valence-electron chi connectivity index (χ3n) is 3.50. The summed E-state index contributed by atoms with van der Waals surface area (Å²) >= 11 is 13.6. The smallest absolute Gasteiger partial charge is 0.207 e. The minimum absolute atomic E-state index is 0.0506. The zero-order valence-corrected chi connectivity index (χ0v) is 14.9. The van der Waals surface area contributed by atoms with E-state index in [2.05, 4.69) is 4.72 Å². The van der Waals surface area contributed by atoms with Crippen LogP contribution < -0.4 is 4.72 Å². The highest BCUT2D eigenvalue weighted by Crippen LogP contribution is 2.38. The highest BCUT2D eigenvalue weighted by atomic mass is 35.5. The maximum atomic E-state index is 13.5. The number of benzene rings is 2. The van der Waals surface area contributed by atoms with Gasteiger partial charge in [-0.1, -0.05) is 29.3 Å². The summed E-state index contributed by atoms with van der Waals surface area (Å²) in [6.07, 6.45) is 0.558. The lowest BCUT2D eigenvalue weighted by Gasteiger charge is -2.26. The highest BCUT2D eigenvalue weighted by Gasteiger charge is 2.29. The second kappa shape index (κ2) is 6.61. The van der Waals surface area contributed by atoms with E-state index in [1.165, 1.54) is 24.3 Å². The molecule has 2 aromatic rings. The fourth-order valence-electron chi connectivity index (χ4n) is 2.47. The van der Waals surface area contributed by atoms with Gasteiger partial charge >= 0.3 is 0 Å². The van der Waals surface area contributed by atoms with E-state index in [-0.39, 0.29) is 14.9 Å². The molecule has 0 fully saturated rings. The summed E-state index contributed by atoms with van der Waals surface area (Å²) in [7, 11) is -3.92. The van der Waals surface area contributed by atoms with Gasteiger partial charge in [-0.25, -0.2) is 17.5 Å². The average Bonchev–Trinajstić information content (AvgIpc) is 2.47. The molecule has 0 radical (unpaired) electrons. The summed E-state index contributed by atoms with van der Waals surface area (Å²) in [6, 6.07) is 8.39. The quantitative estimate of drug-likeness (QED) is 0.827. The van der Waals surface area contributed by atoms with Crippen molar-refractivity contribution < 1.29 is 12.8 Å². The largest absolute Gasteiger partial charge is 0.244 e. The lowest BCUT2D eigenvalue weighted by atomic mass is 10.0. The molecule has 1 aliphatic heterocycles. The Balaban J connectivity index is 1.98. The first kappa shape index (κ1) is 17.0. The monoisotopic (exact) mass is 391 g/mol. The molecular weight excluding hydrogens is 380 g/mol. The van der Waals surface area contributed by atoms with E-state index in [0.717, 1.165) is 10.6 Å². The van der Waals surface area contributed by atoms with Gasteiger partial charge in [0.05, 0.1) is 10.0 Å². The van der Waals surface area contributed by atoms with Gasteiger partial charge in [0.1, 0.15) is 10.7 Å². The zero-order chi connectivity index (χ0) is 16.6. The molecule has 0 amide bonds. The first-order valence-corrected chi connectivity index (χ1v) is 9.99. The maximum absolute atomic E-state index is 13.5. The van der Waals surface area contributed by atoms with Gasteiger partial charge in [0.25, 0.3) is 0 Å². The number of sulfonamides is 1. The van der Waals surface area contributed by atoms with Crippen LogP contribution in [0.3, 0.4) is 0 Å². The van der Waals surface area contributed by atoms with Crippen LogP contribution in [0.5, 0.6) is 0 Å². The van der Waals surface area contributed by atoms with E-state index in [1.54, 1.807) is 23.9 Å². The van der Waals surface area contributed by atoms with Crippen LogP contribution in [0.15, 0.2) is 46.2 Å². The summed E-state index contributed by atoms with van der Waals surface area (Å²) in [5.74, 6) is 0.341. The first-order chi connectivity index (χ1) is 10.9. The van der Waals surface area contributed by atoms with E-state index < -0.39 is 21.9 Å². The number of rotatable bonds is 3. The molecule has 0 saturated heterocycles. The summed E-state index contributed by atoms with van der Waals surface area (Å²) in [4.78, 5) is 0.718. The molecule has 8 heteroatoms. The number of halogens is 3. The van der Waals surface area contributed by atoms with E-state index in [1.807, 2.05) is 0 Å². The Bertz CT molecular complexity index is 838. The second-order valence-electron chi connectivity index (χ2n) is 5.04. The van der Waals surface area contributed by atoms with Crippen LogP contribution in [-0.4, -0.2) is 14.2 Å². The molecule has 0 saturated carbocycles. The van der Waals surface area contributed by atoms with Crippen molar-refractivity contribution in [1.29, 1.82) is 0 Å². The van der Waals surface area contributed by atoms with Crippen molar-refractivity contribution in [3.8, 4) is 0 Å². The van der Waals surface area contributed by atoms with E-state index in [9.17, 15) is 12.8 Å². The van der Waals surface area contributed by atoms with Crippen molar-refractivity contribution in [3.63, 3.8) is 0 Å². The van der Waals surface area contributed by atoms with Gasteiger partial charge in [-0.05, 0) is 48.1 Å². The number of hydrogen-bond donors (Lipinski definition) is 1. The van der Waals surface area contributed by atoms with Crippen LogP contribution in [0.2, 0.25) is 10.0 Å². The lowest BCUT2D eigenvalue weighted by Crippen LogP contribution is -2.31. The fourth-order valence-corrected chi connectivity index (χ4v) is 5.97. The summed E-state index contributed by atoms with van der Waals surface area (Å²) in [5.41, 5.74) is 0.632. The van der Waals surface area contributed by atoms with Gasteiger partial charge < -0.3 is 0 Å². The molecule has 0 aliphatic carbocycles. The SMILES string of the molecule is O=S(=O)(NC1CCSc2ccc(F)cc21)c1c(Cl)cccc1Cl. The second-order valence-corrected chi connectivity index (χ2v) is 8.65. The predicted octanol–water partition coefficient (Wildman–Crippen LogP) is 4.65. The van der Waals surface area contributed by atoms with Gasteiger partial charge in [0.15, 0.2) is 0 Å². The van der Waals surface area contributed by atoms with Crippen LogP contribution in [0.25, 0.3) is 0 Å². The van der Waals surface area contributed by atoms with Gasteiger partial charge in [-0.15, -0.1) is 11.8 Å². The normalized spacial score (nSPS) is 17.8. The molecule has 0 spiro atoms. The summed E-state index contributed by atoms with van der Waals surface area (Å²) in [6.45, 7) is 0. The van der Waals surface area contributed by atoms with Crippen LogP contribution in [0.1, 0.15) is 18.0 Å². The van der Waals surface area contributed by atoms with Crippen molar-refractivity contribution in [2.24, 2.45) is 0 Å². The third kappa shape index (κ3) is 3.51. The first-order valence-electron chi connectivity index (χ1n) is 6.77. The van der Waals surface area contributed by atoms with Gasteiger partial charge in [0, 0.05) is 10.9 Å². The molecule has 1 unspecified atom stereocenters. The highest BCUT2D eigenvalue weighted by molar-refractivity contribution is 7.99. The van der Waals surface area contributed by atoms with Crippen molar-refractivity contribution >= 4 is 45.0 Å². The molecule has 1 aliphatic rings. The topological polar surface area (TPSA) is 46.2 Å². The van der Waals surface area contributed by atoms with Crippen molar-refractivity contribution in [2.45, 2.75) is 22.3 Å². The molecule has 1 heterocycles. The Morgan fingerprint density at radius 3 is 2.57 bits per heavy atom. The summed E-state index contributed by atoms with van der Waals surface area (Å²) < 4.78 is 41.4. The minimum Gasteiger partial charge on any atom is -0.207 e. The molecule has 0 bridgehead atoms. The van der Waals surface area contributed by atoms with Crippen molar-refractivity contribution in [2.75, 3.05) is 5.75 Å². The minimum atomic E-state index is -3.92. The molecule has 3 nitrogen and oxygen atoms in total. The molecule has 23 heavy (non-hydrogen) atoms. The number of thioether (sulfide) groups is 1. The Morgan fingerprint density at radius 1 is 1.17 bits per heavy atom. The molecule has 1 atom stereocenters. The Labute approximate surface area is 148 Å². The molecule has 3 rings (SSSR count). The third-order valence-corrected chi connectivity index (χ3v) is 7.05. The molecular formula is C15H12Cl2FNO2S2. The molecule has 122 valence electrons. The Morgan fingerprint density at radius 2 is 1.87 bits per heavy atom. The van der Waals surface area contributed by atoms with Crippen LogP contribution in [0.4, 0.5) is 4.39 Å². The number of fused-ring (bicyclic) bond motifs is 1. The summed E-state index contributed by atoms with van der Waals surface area (Å²) in [5, 5.41) is 0.101. The lowest BCUT2D eigenvalue weighted by molar-refractivity contribution is 0.541. The van der Waals surface area contributed by atoms with Crippen LogP contribution in [0, 0.1) is 5.82 Å². The predicted molar refractivity (Wildman–Crippen MR) is 91.3 cm³/mol. The van der Waals surface area contributed by atoms with Crippen LogP contribution >= 0.6 is 35.0 Å². The van der Waals surface area contributed by atoms with Crippen LogP contribution in [-0.2, 0) is 10.0 Å². The average molecular weight is 392 g/mol. The Kier molecular flexibility index (Phi) is 4.90. The zero-order valence-electron chi connectivity index (χ0n) is 11.7. The molecule has 2 aromatic carbocycles. The van der Waals surface area contributed by atoms with Gasteiger partial charge in [0.2, 0.25) is 10.0 Å². The van der Waals surface area contributed by atoms with Gasteiger partial charge in [-0.2, -0.15) is 0 Å². The Hall–Kier alpha value is -0.790. The fraction of sp³-hybridized carbons (Fsp3) is 0.200. The van der Waals surface area contributed by atoms with E-state index >= 15 is 0 Å². The van der Waals surface area contributed by atoms with E-state index in [0.29, 0.717) is 12.0 Å². The number of hydrogen-bond acceptors (Lipinski definition) is 3. The van der Waals surface area contributed by atoms with Crippen molar-refractivity contribution in [3.05, 3.63) is 57.8 Å². The van der Waals surface area contributed by atoms with Gasteiger partial charge in [-0.3, -0.25) is 0 Å². The maximum Gasteiger partial charge on any atom is 0.244 e. The molecule has 0 aromatic heterocycles. The van der Waals surface area contributed by atoms with Crippen molar-refractivity contribution in [1.82, 2.24) is 4.72 Å². The standard InChI is InChI=1S/C15H12Cl2FNO2S2/c16-11-2-1-3-12(17)15(11)23(20,21)19-13-6-7-22-14-5-4-9(18)8-10(13)14/h1-5,8,13,19H,6-7H2. The molecule has 1 N–H and O–H groups in total. The number of nitrogens with one attached hydrogen (secondary N) is 1. The van der Waals surface area contributed by atoms with E-state index in [4.69, 9.17) is 23.2 Å².